The number of carbonyl (C=O) groups is 2. The minimum Gasteiger partial charge on any atom is -0.337 e. The Kier molecular flexibility index (Phi) is 6.88. The van der Waals surface area contributed by atoms with Gasteiger partial charge in [0.15, 0.2) is 5.78 Å². The summed E-state index contributed by atoms with van der Waals surface area (Å²) < 4.78 is 2.02. The summed E-state index contributed by atoms with van der Waals surface area (Å²) in [5.74, 6) is 0.511. The van der Waals surface area contributed by atoms with Gasteiger partial charge in [-0.3, -0.25) is 9.69 Å². The molecule has 0 radical (unpaired) electrons. The van der Waals surface area contributed by atoms with Crippen molar-refractivity contribution in [1.82, 2.24) is 24.7 Å². The molecule has 1 aromatic heterocycles. The van der Waals surface area contributed by atoms with Crippen LogP contribution in [0.5, 0.6) is 0 Å². The Morgan fingerprint density at radius 3 is 2.93 bits per heavy atom. The first kappa shape index (κ1) is 20.6. The lowest BCUT2D eigenvalue weighted by molar-refractivity contribution is -0.119. The summed E-state index contributed by atoms with van der Waals surface area (Å²) in [5, 5.41) is 3.20. The lowest BCUT2D eigenvalue weighted by Gasteiger charge is -2.47. The monoisotopic (exact) mass is 387 g/mol. The smallest absolute Gasteiger partial charge is 0.317 e. The molecular weight excluding hydrogens is 354 g/mol. The van der Waals surface area contributed by atoms with Crippen LogP contribution in [0.3, 0.4) is 0 Å². The van der Waals surface area contributed by atoms with Gasteiger partial charge in [-0.2, -0.15) is 0 Å². The van der Waals surface area contributed by atoms with Crippen molar-refractivity contribution in [2.45, 2.75) is 57.7 Å². The predicted octanol–water partition coefficient (Wildman–Crippen LogP) is 2.30. The molecule has 2 aliphatic rings. The second kappa shape index (κ2) is 9.37. The number of Topliss-reactive ketones (excluding diaryl/α,β-unsaturated/α-hetero) is 1. The molecule has 1 aliphatic carbocycles. The van der Waals surface area contributed by atoms with Crippen molar-refractivity contribution in [2.75, 3.05) is 26.7 Å². The fraction of sp³-hybridized carbons (Fsp3) is 0.667. The minimum absolute atomic E-state index is 0.0305. The van der Waals surface area contributed by atoms with E-state index in [2.05, 4.69) is 28.7 Å². The number of aromatic nitrogens is 2. The van der Waals surface area contributed by atoms with Crippen LogP contribution in [0.4, 0.5) is 4.79 Å². The third kappa shape index (κ3) is 5.01. The molecule has 1 aliphatic heterocycles. The van der Waals surface area contributed by atoms with Crippen LogP contribution in [0.1, 0.15) is 39.0 Å². The Labute approximate surface area is 167 Å². The number of nitrogens with one attached hydrogen (secondary N) is 1. The molecule has 2 heterocycles. The largest absolute Gasteiger partial charge is 0.337 e. The van der Waals surface area contributed by atoms with Gasteiger partial charge in [0.2, 0.25) is 0 Å². The van der Waals surface area contributed by atoms with Crippen molar-refractivity contribution < 1.29 is 9.59 Å². The van der Waals surface area contributed by atoms with Gasteiger partial charge in [-0.05, 0) is 43.7 Å². The second-order valence-electron chi connectivity index (χ2n) is 8.22. The van der Waals surface area contributed by atoms with Crippen LogP contribution in [-0.4, -0.2) is 69.9 Å². The highest BCUT2D eigenvalue weighted by molar-refractivity contribution is 5.95. The fourth-order valence-corrected chi connectivity index (χ4v) is 4.52. The summed E-state index contributed by atoms with van der Waals surface area (Å²) in [5.41, 5.74) is 0.766. The Bertz CT molecular complexity index is 687. The van der Waals surface area contributed by atoms with E-state index in [9.17, 15) is 9.59 Å². The van der Waals surface area contributed by atoms with Gasteiger partial charge in [0, 0.05) is 57.6 Å². The van der Waals surface area contributed by atoms with Crippen LogP contribution >= 0.6 is 0 Å². The highest BCUT2D eigenvalue weighted by Gasteiger charge is 2.41. The number of piperidine rings is 1. The van der Waals surface area contributed by atoms with E-state index >= 15 is 0 Å². The molecule has 1 N–H and O–H groups in total. The van der Waals surface area contributed by atoms with Crippen molar-refractivity contribution in [2.24, 2.45) is 5.92 Å². The third-order valence-corrected chi connectivity index (χ3v) is 6.01. The number of rotatable bonds is 7. The summed E-state index contributed by atoms with van der Waals surface area (Å²) in [6, 6.07) is 0.457. The average Bonchev–Trinajstić information content (AvgIpc) is 3.17. The normalized spacial score (nSPS) is 25.4. The number of aryl methyl sites for hydroxylation is 1. The number of likely N-dealkylation sites (tertiary alicyclic amines) is 1. The zero-order valence-electron chi connectivity index (χ0n) is 17.1. The molecule has 3 rings (SSSR count). The topological polar surface area (TPSA) is 70.5 Å². The minimum atomic E-state index is -0.0305. The van der Waals surface area contributed by atoms with E-state index in [0.717, 1.165) is 50.9 Å². The lowest BCUT2D eigenvalue weighted by Crippen LogP contribution is -2.58. The van der Waals surface area contributed by atoms with Crippen molar-refractivity contribution in [3.63, 3.8) is 0 Å². The van der Waals surface area contributed by atoms with Gasteiger partial charge in [0.05, 0.1) is 6.33 Å². The molecule has 7 heteroatoms. The van der Waals surface area contributed by atoms with E-state index in [1.807, 2.05) is 17.8 Å². The molecule has 0 unspecified atom stereocenters. The number of carbonyl (C=O) groups excluding carboxylic acids is 2. The van der Waals surface area contributed by atoms with Crippen molar-refractivity contribution in [3.8, 4) is 0 Å². The fourth-order valence-electron chi connectivity index (χ4n) is 4.52. The summed E-state index contributed by atoms with van der Waals surface area (Å²) in [6.07, 6.45) is 9.66. The van der Waals surface area contributed by atoms with E-state index < -0.39 is 0 Å². The molecule has 154 valence electrons. The zero-order chi connectivity index (χ0) is 20.1. The molecule has 0 aromatic carbocycles. The SMILES string of the molecule is C=C1C[C@@H]2[C@@H](CC1=O)C[C@H](NC(=O)N(C)CCCn1ccnc1)CN2CCC. The van der Waals surface area contributed by atoms with E-state index in [4.69, 9.17) is 0 Å². The van der Waals surface area contributed by atoms with E-state index in [1.165, 1.54) is 0 Å². The van der Waals surface area contributed by atoms with Gasteiger partial charge < -0.3 is 14.8 Å². The van der Waals surface area contributed by atoms with E-state index in [1.54, 1.807) is 17.4 Å². The molecule has 0 bridgehead atoms. The Hall–Kier alpha value is -2.15. The maximum absolute atomic E-state index is 12.6. The first-order valence-electron chi connectivity index (χ1n) is 10.4. The molecule has 2 amide bonds. The second-order valence-corrected chi connectivity index (χ2v) is 8.22. The average molecular weight is 388 g/mol. The molecule has 7 nitrogen and oxygen atoms in total. The summed E-state index contributed by atoms with van der Waals surface area (Å²) >= 11 is 0. The van der Waals surface area contributed by atoms with Crippen LogP contribution < -0.4 is 5.32 Å². The van der Waals surface area contributed by atoms with Gasteiger partial charge >= 0.3 is 6.03 Å². The molecule has 3 atom stereocenters. The number of ketones is 1. The van der Waals surface area contributed by atoms with Gasteiger partial charge in [0.25, 0.3) is 0 Å². The first-order chi connectivity index (χ1) is 13.5. The maximum atomic E-state index is 12.6. The van der Waals surface area contributed by atoms with E-state index in [-0.39, 0.29) is 17.9 Å². The van der Waals surface area contributed by atoms with Crippen molar-refractivity contribution in [1.29, 1.82) is 0 Å². The van der Waals surface area contributed by atoms with Crippen LogP contribution in [0.25, 0.3) is 0 Å². The maximum Gasteiger partial charge on any atom is 0.317 e. The number of fused-ring (bicyclic) bond motifs is 1. The number of hydrogen-bond acceptors (Lipinski definition) is 4. The third-order valence-electron chi connectivity index (χ3n) is 6.01. The molecule has 28 heavy (non-hydrogen) atoms. The van der Waals surface area contributed by atoms with Crippen molar-refractivity contribution >= 4 is 11.8 Å². The van der Waals surface area contributed by atoms with Crippen LogP contribution in [0, 0.1) is 5.92 Å². The lowest BCUT2D eigenvalue weighted by atomic mass is 9.74. The van der Waals surface area contributed by atoms with Gasteiger partial charge in [0.1, 0.15) is 0 Å². The summed E-state index contributed by atoms with van der Waals surface area (Å²) in [6.45, 7) is 9.53. The number of hydrogen-bond donors (Lipinski definition) is 1. The molecule has 1 saturated heterocycles. The standard InChI is InChI=1S/C21H33N5O2/c1-4-7-26-14-18(12-17-13-20(27)16(2)11-19(17)26)23-21(28)24(3)8-5-9-25-10-6-22-15-25/h6,10,15,17-19H,2,4-5,7-9,11-14H2,1,3H3,(H,23,28)/t17-,18+,19-/m1/s1. The number of nitrogens with zero attached hydrogens (tertiary/aromatic N) is 4. The van der Waals surface area contributed by atoms with Crippen LogP contribution in [0.15, 0.2) is 30.9 Å². The van der Waals surface area contributed by atoms with Gasteiger partial charge in [-0.1, -0.05) is 13.5 Å². The zero-order valence-corrected chi connectivity index (χ0v) is 17.1. The summed E-state index contributed by atoms with van der Waals surface area (Å²) in [4.78, 5) is 33.0. The van der Waals surface area contributed by atoms with Crippen molar-refractivity contribution in [3.05, 3.63) is 30.9 Å². The molecular formula is C21H33N5O2. The molecule has 2 fully saturated rings. The highest BCUT2D eigenvalue weighted by atomic mass is 16.2. The van der Waals surface area contributed by atoms with E-state index in [0.29, 0.717) is 24.9 Å². The first-order valence-corrected chi connectivity index (χ1v) is 10.4. The number of imidazole rings is 1. The molecule has 1 aromatic rings. The Balaban J connectivity index is 1.51. The van der Waals surface area contributed by atoms with Gasteiger partial charge in [-0.25, -0.2) is 9.78 Å². The summed E-state index contributed by atoms with van der Waals surface area (Å²) in [7, 11) is 1.84. The van der Waals surface area contributed by atoms with Crippen LogP contribution in [0.2, 0.25) is 0 Å². The Morgan fingerprint density at radius 2 is 2.21 bits per heavy atom. The highest BCUT2D eigenvalue weighted by Crippen LogP contribution is 2.35. The van der Waals surface area contributed by atoms with Gasteiger partial charge in [-0.15, -0.1) is 0 Å². The van der Waals surface area contributed by atoms with Crippen LogP contribution in [-0.2, 0) is 11.3 Å². The quantitative estimate of drug-likeness (QED) is 0.729. The molecule has 1 saturated carbocycles. The number of urea groups is 1. The molecule has 0 spiro atoms. The Morgan fingerprint density at radius 1 is 1.39 bits per heavy atom. The predicted molar refractivity (Wildman–Crippen MR) is 109 cm³/mol. The number of amides is 2.